The second-order valence-electron chi connectivity index (χ2n) is 5.51. The van der Waals surface area contributed by atoms with E-state index in [1.807, 2.05) is 13.8 Å². The lowest BCUT2D eigenvalue weighted by Crippen LogP contribution is -2.33. The van der Waals surface area contributed by atoms with Crippen LogP contribution in [0.3, 0.4) is 0 Å². The minimum Gasteiger partial charge on any atom is -0.366 e. The minimum atomic E-state index is -5.70. The maximum Gasteiger partial charge on any atom is 0.516 e. The van der Waals surface area contributed by atoms with Crippen LogP contribution in [-0.4, -0.2) is 43.7 Å². The van der Waals surface area contributed by atoms with Crippen LogP contribution in [-0.2, 0) is 10.0 Å². The Balaban J connectivity index is 3.35. The van der Waals surface area contributed by atoms with Gasteiger partial charge in [0.15, 0.2) is 0 Å². The number of hydrogen-bond donors (Lipinski definition) is 2. The molecule has 1 aromatic carbocycles. The smallest absolute Gasteiger partial charge is 0.366 e. The average molecular weight is 395 g/mol. The molecule has 0 saturated carbocycles. The maximum absolute atomic E-state index is 12.6. The normalized spacial score (nSPS) is 11.9. The van der Waals surface area contributed by atoms with E-state index >= 15 is 0 Å². The van der Waals surface area contributed by atoms with Gasteiger partial charge in [0.2, 0.25) is 5.91 Å². The molecular formula is C15H20F3N3O4S. The van der Waals surface area contributed by atoms with E-state index in [-0.39, 0.29) is 11.1 Å². The molecule has 0 heterocycles. The molecule has 0 saturated heterocycles. The molecule has 0 radical (unpaired) electrons. The Morgan fingerprint density at radius 3 is 2.00 bits per heavy atom. The number of alkyl halides is 3. The van der Waals surface area contributed by atoms with Crippen LogP contribution in [0.15, 0.2) is 18.2 Å². The van der Waals surface area contributed by atoms with Crippen molar-refractivity contribution < 1.29 is 31.2 Å². The third-order valence-electron chi connectivity index (χ3n) is 3.30. The second kappa shape index (κ2) is 8.39. The van der Waals surface area contributed by atoms with Gasteiger partial charge in [-0.25, -0.2) is 0 Å². The minimum absolute atomic E-state index is 0.136. The van der Waals surface area contributed by atoms with Gasteiger partial charge >= 0.3 is 15.5 Å². The lowest BCUT2D eigenvalue weighted by atomic mass is 10.1. The summed E-state index contributed by atoms with van der Waals surface area (Å²) in [5.41, 5.74) is -1.41. The summed E-state index contributed by atoms with van der Waals surface area (Å²) in [6.07, 6.45) is 1.30. The van der Waals surface area contributed by atoms with Crippen molar-refractivity contribution in [3.63, 3.8) is 0 Å². The zero-order valence-electron chi connectivity index (χ0n) is 14.3. The fourth-order valence-electron chi connectivity index (χ4n) is 2.20. The highest BCUT2D eigenvalue weighted by molar-refractivity contribution is 7.93. The number of hydrogen-bond acceptors (Lipinski definition) is 4. The fraction of sp³-hybridized carbons (Fsp3) is 0.467. The van der Waals surface area contributed by atoms with E-state index in [1.54, 1.807) is 0 Å². The molecule has 0 aliphatic rings. The van der Waals surface area contributed by atoms with Gasteiger partial charge in [-0.15, -0.1) is 0 Å². The van der Waals surface area contributed by atoms with E-state index < -0.39 is 33.0 Å². The van der Waals surface area contributed by atoms with E-state index in [2.05, 4.69) is 0 Å². The van der Waals surface area contributed by atoms with Gasteiger partial charge in [-0.1, -0.05) is 13.8 Å². The molecule has 0 unspecified atom stereocenters. The molecule has 11 heteroatoms. The molecule has 0 spiro atoms. The summed E-state index contributed by atoms with van der Waals surface area (Å²) in [6.45, 7) is 4.49. The first kappa shape index (κ1) is 21.7. The van der Waals surface area contributed by atoms with Crippen LogP contribution in [0.1, 0.15) is 47.4 Å². The van der Waals surface area contributed by atoms with Crippen LogP contribution in [0.2, 0.25) is 0 Å². The van der Waals surface area contributed by atoms with Gasteiger partial charge in [0.25, 0.3) is 5.91 Å². The van der Waals surface area contributed by atoms with Crippen LogP contribution < -0.4 is 10.5 Å². The van der Waals surface area contributed by atoms with Crippen LogP contribution in [0.4, 0.5) is 18.9 Å². The Morgan fingerprint density at radius 1 is 1.08 bits per heavy atom. The molecule has 3 N–H and O–H groups in total. The Hall–Kier alpha value is -2.30. The fourth-order valence-corrected chi connectivity index (χ4v) is 2.75. The van der Waals surface area contributed by atoms with E-state index in [0.717, 1.165) is 18.2 Å². The lowest BCUT2D eigenvalue weighted by Gasteiger charge is -2.22. The van der Waals surface area contributed by atoms with Crippen LogP contribution >= 0.6 is 0 Å². The second-order valence-corrected chi connectivity index (χ2v) is 7.18. The maximum atomic E-state index is 12.6. The SMILES string of the molecule is CCCN(CCC)C(=O)c1cc(NS(=O)(=O)C(F)(F)F)cc(C(N)=O)c1. The zero-order chi connectivity index (χ0) is 20.1. The summed E-state index contributed by atoms with van der Waals surface area (Å²) in [7, 11) is -5.70. The van der Waals surface area contributed by atoms with Crippen molar-refractivity contribution in [2.24, 2.45) is 5.73 Å². The Bertz CT molecular complexity index is 773. The van der Waals surface area contributed by atoms with Crippen LogP contribution in [0.5, 0.6) is 0 Å². The predicted octanol–water partition coefficient (Wildman–Crippen LogP) is 2.31. The molecule has 0 aliphatic carbocycles. The first-order valence-corrected chi connectivity index (χ1v) is 9.24. The predicted molar refractivity (Wildman–Crippen MR) is 90.0 cm³/mol. The van der Waals surface area contributed by atoms with Gasteiger partial charge in [0.05, 0.1) is 5.69 Å². The molecule has 1 rings (SSSR count). The number of rotatable bonds is 8. The van der Waals surface area contributed by atoms with Crippen molar-refractivity contribution in [2.75, 3.05) is 17.8 Å². The summed E-state index contributed by atoms with van der Waals surface area (Å²) in [4.78, 5) is 25.5. The van der Waals surface area contributed by atoms with Crippen molar-refractivity contribution in [1.29, 1.82) is 0 Å². The molecule has 2 amide bonds. The Morgan fingerprint density at radius 2 is 1.58 bits per heavy atom. The third-order valence-corrected chi connectivity index (χ3v) is 4.41. The number of amides is 2. The molecule has 0 aliphatic heterocycles. The van der Waals surface area contributed by atoms with Crippen molar-refractivity contribution in [3.05, 3.63) is 29.3 Å². The number of halogens is 3. The molecule has 0 aromatic heterocycles. The molecular weight excluding hydrogens is 375 g/mol. The summed E-state index contributed by atoms with van der Waals surface area (Å²) >= 11 is 0. The zero-order valence-corrected chi connectivity index (χ0v) is 15.1. The topological polar surface area (TPSA) is 110 Å². The Kier molecular flexibility index (Phi) is 7.01. The van der Waals surface area contributed by atoms with Crippen LogP contribution in [0, 0.1) is 0 Å². The molecule has 146 valence electrons. The van der Waals surface area contributed by atoms with Gasteiger partial charge in [0.1, 0.15) is 0 Å². The van der Waals surface area contributed by atoms with Gasteiger partial charge in [-0.2, -0.15) is 21.6 Å². The molecule has 1 aromatic rings. The van der Waals surface area contributed by atoms with Gasteiger partial charge in [0, 0.05) is 24.2 Å². The summed E-state index contributed by atoms with van der Waals surface area (Å²) in [5.74, 6) is -1.55. The number of carbonyl (C=O) groups excluding carboxylic acids is 2. The van der Waals surface area contributed by atoms with Crippen LogP contribution in [0.25, 0.3) is 0 Å². The largest absolute Gasteiger partial charge is 0.516 e. The third kappa shape index (κ3) is 5.35. The molecule has 7 nitrogen and oxygen atoms in total. The Labute approximate surface area is 149 Å². The van der Waals surface area contributed by atoms with Crippen molar-refractivity contribution in [1.82, 2.24) is 4.90 Å². The highest BCUT2D eigenvalue weighted by atomic mass is 32.2. The number of nitrogens with two attached hydrogens (primary N) is 1. The monoisotopic (exact) mass is 395 g/mol. The van der Waals surface area contributed by atoms with Crippen molar-refractivity contribution >= 4 is 27.5 Å². The quantitative estimate of drug-likeness (QED) is 0.704. The number of sulfonamides is 1. The number of anilines is 1. The molecule has 0 bridgehead atoms. The first-order chi connectivity index (χ1) is 11.9. The van der Waals surface area contributed by atoms with Gasteiger partial charge < -0.3 is 10.6 Å². The summed E-state index contributed by atoms with van der Waals surface area (Å²) in [6, 6.07) is 2.90. The van der Waals surface area contributed by atoms with Crippen molar-refractivity contribution in [2.45, 2.75) is 32.2 Å². The van der Waals surface area contributed by atoms with E-state index in [0.29, 0.717) is 25.9 Å². The van der Waals surface area contributed by atoms with Gasteiger partial charge in [-0.3, -0.25) is 14.3 Å². The highest BCUT2D eigenvalue weighted by Gasteiger charge is 2.46. The van der Waals surface area contributed by atoms with E-state index in [1.165, 1.54) is 9.62 Å². The molecule has 26 heavy (non-hydrogen) atoms. The first-order valence-electron chi connectivity index (χ1n) is 7.76. The molecule has 0 fully saturated rings. The number of nitrogens with one attached hydrogen (secondary N) is 1. The highest BCUT2D eigenvalue weighted by Crippen LogP contribution is 2.26. The van der Waals surface area contributed by atoms with Gasteiger partial charge in [-0.05, 0) is 31.0 Å². The van der Waals surface area contributed by atoms with Crippen molar-refractivity contribution in [3.8, 4) is 0 Å². The van der Waals surface area contributed by atoms with E-state index in [9.17, 15) is 31.2 Å². The average Bonchev–Trinajstić information content (AvgIpc) is 2.52. The number of primary amides is 1. The number of nitrogens with zero attached hydrogens (tertiary/aromatic N) is 1. The lowest BCUT2D eigenvalue weighted by molar-refractivity contribution is -0.0429. The van der Waals surface area contributed by atoms with E-state index in [4.69, 9.17) is 5.73 Å². The summed E-state index contributed by atoms with van der Waals surface area (Å²) < 4.78 is 61.5. The summed E-state index contributed by atoms with van der Waals surface area (Å²) in [5, 5.41) is 0. The number of benzene rings is 1. The standard InChI is InChI=1S/C15H20F3N3O4S/c1-3-5-21(6-4-2)14(23)11-7-10(13(19)22)8-12(9-11)20-26(24,25)15(16,17)18/h7-9,20H,3-6H2,1-2H3,(H2,19,22). The number of carbonyl (C=O) groups is 2. The molecule has 0 atom stereocenters.